The van der Waals surface area contributed by atoms with Crippen LogP contribution < -0.4 is 15.0 Å². The van der Waals surface area contributed by atoms with Gasteiger partial charge in [0.2, 0.25) is 10.0 Å². The zero-order valence-corrected chi connectivity index (χ0v) is 19.3. The zero-order chi connectivity index (χ0) is 22.6. The molecular formula is C21H21Cl2N3O4S. The maximum Gasteiger partial charge on any atom is 0.266 e. The summed E-state index contributed by atoms with van der Waals surface area (Å²) >= 11 is 12.0. The fourth-order valence-corrected chi connectivity index (χ4v) is 4.70. The largest absolute Gasteiger partial charge is 0.494 e. The topological polar surface area (TPSA) is 90.3 Å². The molecule has 1 heterocycles. The van der Waals surface area contributed by atoms with Crippen LogP contribution in [0.3, 0.4) is 0 Å². The second-order valence-electron chi connectivity index (χ2n) is 6.67. The van der Waals surface area contributed by atoms with E-state index in [9.17, 15) is 13.2 Å². The molecule has 0 atom stereocenters. The Bertz CT molecular complexity index is 1240. The fraction of sp³-hybridized carbons (Fsp3) is 0.238. The summed E-state index contributed by atoms with van der Waals surface area (Å²) in [5.41, 5.74) is 1.64. The van der Waals surface area contributed by atoms with Crippen LogP contribution in [0.1, 0.15) is 12.5 Å². The molecule has 3 rings (SSSR count). The van der Waals surface area contributed by atoms with Gasteiger partial charge in [0, 0.05) is 23.2 Å². The van der Waals surface area contributed by atoms with E-state index in [1.165, 1.54) is 22.9 Å². The lowest BCUT2D eigenvalue weighted by molar-refractivity contribution is 0.340. The Morgan fingerprint density at radius 2 is 1.77 bits per heavy atom. The first-order valence-corrected chi connectivity index (χ1v) is 11.7. The average Bonchev–Trinajstić information content (AvgIpc) is 2.73. The molecule has 0 amide bonds. The van der Waals surface area contributed by atoms with Crippen molar-refractivity contribution in [1.29, 1.82) is 0 Å². The third-order valence-electron chi connectivity index (χ3n) is 4.45. The quantitative estimate of drug-likeness (QED) is 0.526. The molecule has 7 nitrogen and oxygen atoms in total. The third kappa shape index (κ3) is 5.65. The Morgan fingerprint density at radius 3 is 2.45 bits per heavy atom. The number of ether oxygens (including phenoxy) is 1. The molecule has 0 saturated heterocycles. The van der Waals surface area contributed by atoms with Gasteiger partial charge >= 0.3 is 0 Å². The van der Waals surface area contributed by atoms with Gasteiger partial charge in [-0.1, -0.05) is 23.2 Å². The minimum atomic E-state index is -3.88. The molecule has 31 heavy (non-hydrogen) atoms. The van der Waals surface area contributed by atoms with E-state index in [1.54, 1.807) is 13.0 Å². The highest BCUT2D eigenvalue weighted by atomic mass is 35.5. The van der Waals surface area contributed by atoms with Gasteiger partial charge in [-0.15, -0.1) is 0 Å². The number of benzene rings is 2. The second-order valence-corrected chi connectivity index (χ2v) is 9.22. The Morgan fingerprint density at radius 1 is 1.06 bits per heavy atom. The van der Waals surface area contributed by atoms with Crippen molar-refractivity contribution in [2.24, 2.45) is 0 Å². The van der Waals surface area contributed by atoms with Gasteiger partial charge in [-0.25, -0.2) is 17.8 Å². The van der Waals surface area contributed by atoms with Crippen LogP contribution in [0, 0.1) is 6.92 Å². The van der Waals surface area contributed by atoms with Gasteiger partial charge in [-0.3, -0.25) is 4.79 Å². The summed E-state index contributed by atoms with van der Waals surface area (Å²) in [4.78, 5) is 12.1. The molecule has 0 fully saturated rings. The fourth-order valence-electron chi connectivity index (χ4n) is 2.85. The van der Waals surface area contributed by atoms with Gasteiger partial charge < -0.3 is 4.74 Å². The smallest absolute Gasteiger partial charge is 0.266 e. The van der Waals surface area contributed by atoms with Crippen LogP contribution >= 0.6 is 23.2 Å². The van der Waals surface area contributed by atoms with Gasteiger partial charge in [0.15, 0.2) is 0 Å². The van der Waals surface area contributed by atoms with Crippen molar-refractivity contribution in [2.75, 3.05) is 13.2 Å². The Balaban J connectivity index is 1.74. The molecule has 0 aliphatic heterocycles. The van der Waals surface area contributed by atoms with Crippen LogP contribution in [0.5, 0.6) is 5.75 Å². The summed E-state index contributed by atoms with van der Waals surface area (Å²) in [6, 6.07) is 13.1. The van der Waals surface area contributed by atoms with Gasteiger partial charge in [-0.05, 0) is 61.9 Å². The molecule has 1 aromatic heterocycles. The monoisotopic (exact) mass is 481 g/mol. The minimum Gasteiger partial charge on any atom is -0.494 e. The molecule has 2 aromatic carbocycles. The number of hydrogen-bond acceptors (Lipinski definition) is 5. The van der Waals surface area contributed by atoms with Gasteiger partial charge in [-0.2, -0.15) is 5.10 Å². The van der Waals surface area contributed by atoms with Crippen LogP contribution in [0.4, 0.5) is 0 Å². The van der Waals surface area contributed by atoms with E-state index in [0.29, 0.717) is 22.9 Å². The molecule has 0 saturated carbocycles. The molecule has 0 radical (unpaired) electrons. The summed E-state index contributed by atoms with van der Waals surface area (Å²) < 4.78 is 34.3. The normalized spacial score (nSPS) is 11.5. The first kappa shape index (κ1) is 23.3. The molecule has 3 aromatic rings. The highest BCUT2D eigenvalue weighted by molar-refractivity contribution is 7.89. The number of aryl methyl sites for hydroxylation is 1. The predicted octanol–water partition coefficient (Wildman–Crippen LogP) is 3.90. The summed E-state index contributed by atoms with van der Waals surface area (Å²) in [6.45, 7) is 4.17. The first-order valence-electron chi connectivity index (χ1n) is 9.48. The summed E-state index contributed by atoms with van der Waals surface area (Å²) in [6.07, 6.45) is 0. The minimum absolute atomic E-state index is 0.0240. The molecule has 10 heteroatoms. The molecule has 164 valence electrons. The maximum atomic E-state index is 12.6. The number of hydrogen-bond donors (Lipinski definition) is 1. The lowest BCUT2D eigenvalue weighted by Gasteiger charge is -2.11. The molecule has 0 spiro atoms. The predicted molar refractivity (Wildman–Crippen MR) is 121 cm³/mol. The van der Waals surface area contributed by atoms with E-state index < -0.39 is 10.0 Å². The Hall–Kier alpha value is -2.39. The highest BCUT2D eigenvalue weighted by Crippen LogP contribution is 2.28. The van der Waals surface area contributed by atoms with Crippen molar-refractivity contribution in [3.8, 4) is 17.0 Å². The molecular weight excluding hydrogens is 461 g/mol. The van der Waals surface area contributed by atoms with E-state index in [1.807, 2.05) is 31.2 Å². The van der Waals surface area contributed by atoms with Gasteiger partial charge in [0.05, 0.1) is 23.9 Å². The average molecular weight is 482 g/mol. The maximum absolute atomic E-state index is 12.6. The summed E-state index contributed by atoms with van der Waals surface area (Å²) in [5.74, 6) is 0.741. The standard InChI is InChI=1S/C21H21Cl2N3O4S/c1-3-30-16-6-4-15(5-7-16)19-8-9-21(27)26(25-19)11-10-24-31(28,29)20-12-14(2)17(22)13-18(20)23/h4-9,12-13,24H,3,10-11H2,1-2H3. The number of rotatable bonds is 8. The molecule has 1 N–H and O–H groups in total. The SMILES string of the molecule is CCOc1ccc(-c2ccc(=O)n(CCNS(=O)(=O)c3cc(C)c(Cl)cc3Cl)n2)cc1. The van der Waals surface area contributed by atoms with Crippen molar-refractivity contribution in [2.45, 2.75) is 25.3 Å². The van der Waals surface area contributed by atoms with Gasteiger partial charge in [0.1, 0.15) is 10.6 Å². The van der Waals surface area contributed by atoms with E-state index >= 15 is 0 Å². The molecule has 0 aliphatic carbocycles. The van der Waals surface area contributed by atoms with Crippen LogP contribution in [0.25, 0.3) is 11.3 Å². The number of nitrogens with zero attached hydrogens (tertiary/aromatic N) is 2. The van der Waals surface area contributed by atoms with E-state index in [2.05, 4.69) is 9.82 Å². The van der Waals surface area contributed by atoms with Crippen LogP contribution in [-0.2, 0) is 16.6 Å². The van der Waals surface area contributed by atoms with Crippen LogP contribution in [-0.4, -0.2) is 31.3 Å². The zero-order valence-electron chi connectivity index (χ0n) is 16.9. The second kappa shape index (κ2) is 9.82. The summed E-state index contributed by atoms with van der Waals surface area (Å²) in [7, 11) is -3.88. The lowest BCUT2D eigenvalue weighted by Crippen LogP contribution is -2.32. The molecule has 0 aliphatic rings. The van der Waals surface area contributed by atoms with E-state index in [0.717, 1.165) is 11.3 Å². The van der Waals surface area contributed by atoms with Gasteiger partial charge in [0.25, 0.3) is 5.56 Å². The van der Waals surface area contributed by atoms with E-state index in [4.69, 9.17) is 27.9 Å². The van der Waals surface area contributed by atoms with Crippen molar-refractivity contribution in [1.82, 2.24) is 14.5 Å². The Kier molecular flexibility index (Phi) is 7.38. The van der Waals surface area contributed by atoms with Crippen molar-refractivity contribution >= 4 is 33.2 Å². The van der Waals surface area contributed by atoms with Crippen LogP contribution in [0.2, 0.25) is 10.0 Å². The highest BCUT2D eigenvalue weighted by Gasteiger charge is 2.19. The molecule has 0 unspecified atom stereocenters. The number of halogens is 2. The number of aromatic nitrogens is 2. The van der Waals surface area contributed by atoms with Crippen molar-refractivity contribution in [3.05, 3.63) is 74.5 Å². The summed E-state index contributed by atoms with van der Waals surface area (Å²) in [5, 5.41) is 4.74. The number of sulfonamides is 1. The number of nitrogens with one attached hydrogen (secondary N) is 1. The van der Waals surface area contributed by atoms with Crippen molar-refractivity contribution in [3.63, 3.8) is 0 Å². The first-order chi connectivity index (χ1) is 14.7. The molecule has 0 bridgehead atoms. The lowest BCUT2D eigenvalue weighted by atomic mass is 10.1. The van der Waals surface area contributed by atoms with Crippen molar-refractivity contribution < 1.29 is 13.2 Å². The van der Waals surface area contributed by atoms with E-state index in [-0.39, 0.29) is 28.6 Å². The van der Waals surface area contributed by atoms with Crippen LogP contribution in [0.15, 0.2) is 58.2 Å². The Labute approximate surface area is 190 Å². The third-order valence-corrected chi connectivity index (χ3v) is 6.78.